The van der Waals surface area contributed by atoms with Crippen molar-refractivity contribution in [2.75, 3.05) is 12.4 Å². The van der Waals surface area contributed by atoms with E-state index in [0.717, 1.165) is 33.7 Å². The van der Waals surface area contributed by atoms with Crippen LogP contribution in [0.2, 0.25) is 0 Å². The molecule has 102 valence electrons. The van der Waals surface area contributed by atoms with Crippen LogP contribution >= 0.6 is 22.6 Å². The molecule has 0 amide bonds. The second kappa shape index (κ2) is 6.17. The van der Waals surface area contributed by atoms with Gasteiger partial charge in [0.05, 0.1) is 9.26 Å². The van der Waals surface area contributed by atoms with E-state index in [1.165, 1.54) is 0 Å². The number of aromatic nitrogens is 2. The van der Waals surface area contributed by atoms with Crippen molar-refractivity contribution in [3.63, 3.8) is 0 Å². The lowest BCUT2D eigenvalue weighted by atomic mass is 9.91. The molecule has 0 saturated carbocycles. The van der Waals surface area contributed by atoms with E-state index in [0.29, 0.717) is 5.92 Å². The molecule has 0 fully saturated rings. The van der Waals surface area contributed by atoms with Crippen molar-refractivity contribution < 1.29 is 0 Å². The molecule has 3 nitrogen and oxygen atoms in total. The van der Waals surface area contributed by atoms with Crippen LogP contribution in [-0.4, -0.2) is 17.0 Å². The molecular weight excluding hydrogens is 337 g/mol. The Morgan fingerprint density at radius 1 is 1.17 bits per heavy atom. The minimum Gasteiger partial charge on any atom is -0.372 e. The first-order chi connectivity index (χ1) is 8.35. The molecule has 1 N–H and O–H groups in total. The van der Waals surface area contributed by atoms with Gasteiger partial charge in [0.25, 0.3) is 0 Å². The van der Waals surface area contributed by atoms with E-state index in [9.17, 15) is 0 Å². The number of anilines is 1. The number of nitrogens with zero attached hydrogens (tertiary/aromatic N) is 2. The van der Waals surface area contributed by atoms with Crippen molar-refractivity contribution in [3.8, 4) is 0 Å². The SMILES string of the molecule is CCC(CC)c1nc(NC)c(I)c(C(C)(C)C)n1. The predicted molar refractivity (Wildman–Crippen MR) is 86.3 cm³/mol. The van der Waals surface area contributed by atoms with Gasteiger partial charge in [0.1, 0.15) is 11.6 Å². The fourth-order valence-corrected chi connectivity index (χ4v) is 3.28. The third-order valence-electron chi connectivity index (χ3n) is 3.17. The van der Waals surface area contributed by atoms with Crippen LogP contribution in [0.5, 0.6) is 0 Å². The topological polar surface area (TPSA) is 37.8 Å². The minimum absolute atomic E-state index is 0.0475. The van der Waals surface area contributed by atoms with Crippen LogP contribution < -0.4 is 5.32 Å². The van der Waals surface area contributed by atoms with Gasteiger partial charge in [0, 0.05) is 18.4 Å². The zero-order chi connectivity index (χ0) is 13.9. The fraction of sp³-hybridized carbons (Fsp3) is 0.714. The van der Waals surface area contributed by atoms with Crippen LogP contribution in [0.3, 0.4) is 0 Å². The van der Waals surface area contributed by atoms with Crippen molar-refractivity contribution in [1.82, 2.24) is 9.97 Å². The summed E-state index contributed by atoms with van der Waals surface area (Å²) in [6, 6.07) is 0. The second-order valence-corrected chi connectivity index (χ2v) is 6.69. The molecule has 0 aliphatic rings. The van der Waals surface area contributed by atoms with Crippen molar-refractivity contribution in [3.05, 3.63) is 15.1 Å². The Morgan fingerprint density at radius 2 is 1.72 bits per heavy atom. The lowest BCUT2D eigenvalue weighted by molar-refractivity contribution is 0.538. The molecular formula is C14H24IN3. The summed E-state index contributed by atoms with van der Waals surface area (Å²) in [5, 5.41) is 3.19. The Labute approximate surface area is 124 Å². The number of nitrogens with one attached hydrogen (secondary N) is 1. The van der Waals surface area contributed by atoms with Gasteiger partial charge in [-0.15, -0.1) is 0 Å². The summed E-state index contributed by atoms with van der Waals surface area (Å²) in [4.78, 5) is 9.51. The standard InChI is InChI=1S/C14H24IN3/c1-7-9(8-2)12-17-11(14(3,4)5)10(15)13(16-6)18-12/h9H,7-8H2,1-6H3,(H,16,17,18). The Balaban J connectivity index is 3.39. The first-order valence-electron chi connectivity index (χ1n) is 6.60. The van der Waals surface area contributed by atoms with Gasteiger partial charge < -0.3 is 5.32 Å². The number of halogens is 1. The van der Waals surface area contributed by atoms with Crippen LogP contribution in [0.4, 0.5) is 5.82 Å². The van der Waals surface area contributed by atoms with Gasteiger partial charge in [0.15, 0.2) is 0 Å². The van der Waals surface area contributed by atoms with Crippen LogP contribution in [0.15, 0.2) is 0 Å². The predicted octanol–water partition coefficient (Wildman–Crippen LogP) is 4.32. The van der Waals surface area contributed by atoms with Crippen LogP contribution in [0.25, 0.3) is 0 Å². The van der Waals surface area contributed by atoms with Crippen molar-refractivity contribution in [2.24, 2.45) is 0 Å². The molecule has 0 unspecified atom stereocenters. The van der Waals surface area contributed by atoms with Gasteiger partial charge in [-0.25, -0.2) is 9.97 Å². The maximum absolute atomic E-state index is 4.84. The summed E-state index contributed by atoms with van der Waals surface area (Å²) in [7, 11) is 1.92. The molecule has 0 atom stereocenters. The zero-order valence-electron chi connectivity index (χ0n) is 12.3. The quantitative estimate of drug-likeness (QED) is 0.812. The highest BCUT2D eigenvalue weighted by Crippen LogP contribution is 2.31. The number of rotatable bonds is 4. The molecule has 1 aromatic heterocycles. The van der Waals surface area contributed by atoms with Gasteiger partial charge in [-0.05, 0) is 35.4 Å². The molecule has 0 spiro atoms. The number of hydrogen-bond acceptors (Lipinski definition) is 3. The molecule has 0 saturated heterocycles. The van der Waals surface area contributed by atoms with Gasteiger partial charge >= 0.3 is 0 Å². The van der Waals surface area contributed by atoms with E-state index >= 15 is 0 Å². The molecule has 0 aromatic carbocycles. The lowest BCUT2D eigenvalue weighted by Gasteiger charge is -2.23. The van der Waals surface area contributed by atoms with E-state index in [1.54, 1.807) is 0 Å². The smallest absolute Gasteiger partial charge is 0.143 e. The summed E-state index contributed by atoms with van der Waals surface area (Å²) >= 11 is 2.34. The molecule has 0 bridgehead atoms. The first kappa shape index (κ1) is 15.7. The van der Waals surface area contributed by atoms with Crippen molar-refractivity contribution in [2.45, 2.75) is 58.8 Å². The minimum atomic E-state index is 0.0475. The van der Waals surface area contributed by atoms with Crippen LogP contribution in [-0.2, 0) is 5.41 Å². The normalized spacial score (nSPS) is 12.0. The number of hydrogen-bond donors (Lipinski definition) is 1. The highest BCUT2D eigenvalue weighted by Gasteiger charge is 2.24. The third-order valence-corrected chi connectivity index (χ3v) is 4.19. The van der Waals surface area contributed by atoms with Gasteiger partial charge in [-0.3, -0.25) is 0 Å². The Kier molecular flexibility index (Phi) is 5.37. The van der Waals surface area contributed by atoms with E-state index in [-0.39, 0.29) is 5.41 Å². The van der Waals surface area contributed by atoms with E-state index in [2.05, 4.69) is 67.5 Å². The van der Waals surface area contributed by atoms with Crippen LogP contribution in [0.1, 0.15) is 64.9 Å². The molecule has 0 aliphatic carbocycles. The van der Waals surface area contributed by atoms with Gasteiger partial charge in [-0.1, -0.05) is 34.6 Å². The Hall–Kier alpha value is -0.390. The largest absolute Gasteiger partial charge is 0.372 e. The van der Waals surface area contributed by atoms with Crippen LogP contribution in [0, 0.1) is 3.57 Å². The highest BCUT2D eigenvalue weighted by molar-refractivity contribution is 14.1. The monoisotopic (exact) mass is 361 g/mol. The molecule has 1 heterocycles. The molecule has 4 heteroatoms. The van der Waals surface area contributed by atoms with E-state index in [1.807, 2.05) is 7.05 Å². The van der Waals surface area contributed by atoms with Gasteiger partial charge in [-0.2, -0.15) is 0 Å². The Bertz CT molecular complexity index is 406. The van der Waals surface area contributed by atoms with Crippen molar-refractivity contribution >= 4 is 28.4 Å². The third kappa shape index (κ3) is 3.33. The molecule has 0 aliphatic heterocycles. The first-order valence-corrected chi connectivity index (χ1v) is 7.68. The average molecular weight is 361 g/mol. The molecule has 1 rings (SSSR count). The maximum atomic E-state index is 4.84. The second-order valence-electron chi connectivity index (χ2n) is 5.61. The summed E-state index contributed by atoms with van der Waals surface area (Å²) in [6.45, 7) is 11.0. The highest BCUT2D eigenvalue weighted by atomic mass is 127. The summed E-state index contributed by atoms with van der Waals surface area (Å²) in [6.07, 6.45) is 2.17. The average Bonchev–Trinajstić information content (AvgIpc) is 2.30. The Morgan fingerprint density at radius 3 is 2.11 bits per heavy atom. The summed E-state index contributed by atoms with van der Waals surface area (Å²) < 4.78 is 1.14. The molecule has 18 heavy (non-hydrogen) atoms. The summed E-state index contributed by atoms with van der Waals surface area (Å²) in [5.74, 6) is 2.39. The summed E-state index contributed by atoms with van der Waals surface area (Å²) in [5.41, 5.74) is 1.19. The molecule has 1 aromatic rings. The van der Waals surface area contributed by atoms with E-state index < -0.39 is 0 Å². The van der Waals surface area contributed by atoms with Gasteiger partial charge in [0.2, 0.25) is 0 Å². The fourth-order valence-electron chi connectivity index (χ4n) is 1.96. The zero-order valence-corrected chi connectivity index (χ0v) is 14.4. The van der Waals surface area contributed by atoms with Crippen molar-refractivity contribution in [1.29, 1.82) is 0 Å². The molecule has 0 radical (unpaired) electrons. The van der Waals surface area contributed by atoms with E-state index in [4.69, 9.17) is 4.98 Å². The lowest BCUT2D eigenvalue weighted by Crippen LogP contribution is -2.20. The maximum Gasteiger partial charge on any atom is 0.143 e.